The minimum absolute atomic E-state index is 0.0787. The van der Waals surface area contributed by atoms with Gasteiger partial charge in [-0.25, -0.2) is 4.98 Å². The largest absolute Gasteiger partial charge is 0.352 e. The van der Waals surface area contributed by atoms with Crippen molar-refractivity contribution >= 4 is 17.5 Å². The standard InChI is InChI=1S/C23H23N5O2/c24-13-6-15-28(20-8-2-1-3-9-20)23(30)12-11-22(29)26-17-19-7-4-5-10-21(19)27-16-14-25-18-27/h1-5,7-10,14,16,18H,6,11-12,15,17H2,(H,26,29). The molecule has 0 spiro atoms. The molecule has 3 aromatic rings. The molecule has 2 aromatic carbocycles. The van der Waals surface area contributed by atoms with Crippen molar-refractivity contribution in [1.82, 2.24) is 14.9 Å². The van der Waals surface area contributed by atoms with Gasteiger partial charge in [-0.3, -0.25) is 9.59 Å². The molecule has 152 valence electrons. The van der Waals surface area contributed by atoms with E-state index < -0.39 is 0 Å². The monoisotopic (exact) mass is 401 g/mol. The molecule has 30 heavy (non-hydrogen) atoms. The first-order valence-electron chi connectivity index (χ1n) is 9.74. The third kappa shape index (κ3) is 5.55. The van der Waals surface area contributed by atoms with Crippen LogP contribution in [0.4, 0.5) is 5.69 Å². The van der Waals surface area contributed by atoms with Gasteiger partial charge in [0.05, 0.1) is 24.5 Å². The Kier molecular flexibility index (Phi) is 7.34. The molecule has 1 heterocycles. The van der Waals surface area contributed by atoms with E-state index in [9.17, 15) is 9.59 Å². The molecular weight excluding hydrogens is 378 g/mol. The van der Waals surface area contributed by atoms with Crippen LogP contribution in [-0.2, 0) is 16.1 Å². The number of anilines is 1. The summed E-state index contributed by atoms with van der Waals surface area (Å²) in [7, 11) is 0. The van der Waals surface area contributed by atoms with Crippen LogP contribution in [-0.4, -0.2) is 27.9 Å². The van der Waals surface area contributed by atoms with Gasteiger partial charge in [0.15, 0.2) is 0 Å². The Morgan fingerprint density at radius 1 is 1.07 bits per heavy atom. The molecule has 1 aromatic heterocycles. The molecule has 0 aliphatic carbocycles. The lowest BCUT2D eigenvalue weighted by atomic mass is 10.1. The number of nitrogens with one attached hydrogen (secondary N) is 1. The molecule has 7 heteroatoms. The molecule has 0 saturated carbocycles. The SMILES string of the molecule is N#CCCN(C(=O)CCC(=O)NCc1ccccc1-n1ccnc1)c1ccccc1. The summed E-state index contributed by atoms with van der Waals surface area (Å²) in [6.07, 6.45) is 5.65. The molecule has 7 nitrogen and oxygen atoms in total. The molecule has 0 aliphatic heterocycles. The minimum atomic E-state index is -0.197. The van der Waals surface area contributed by atoms with Crippen LogP contribution in [0.25, 0.3) is 5.69 Å². The van der Waals surface area contributed by atoms with Crippen molar-refractivity contribution in [3.05, 3.63) is 78.9 Å². The summed E-state index contributed by atoms with van der Waals surface area (Å²) < 4.78 is 1.89. The molecule has 0 fully saturated rings. The fourth-order valence-corrected chi connectivity index (χ4v) is 3.12. The predicted octanol–water partition coefficient (Wildman–Crippen LogP) is 3.22. The highest BCUT2D eigenvalue weighted by Gasteiger charge is 2.16. The number of para-hydroxylation sites is 2. The number of aromatic nitrogens is 2. The van der Waals surface area contributed by atoms with E-state index in [0.717, 1.165) is 16.9 Å². The highest BCUT2D eigenvalue weighted by Crippen LogP contribution is 2.16. The quantitative estimate of drug-likeness (QED) is 0.596. The number of imidazole rings is 1. The van der Waals surface area contributed by atoms with Crippen molar-refractivity contribution in [2.45, 2.75) is 25.8 Å². The Morgan fingerprint density at radius 2 is 1.83 bits per heavy atom. The van der Waals surface area contributed by atoms with Gasteiger partial charge in [-0.05, 0) is 23.8 Å². The zero-order chi connectivity index (χ0) is 21.2. The Balaban J connectivity index is 1.55. The Bertz CT molecular complexity index is 1010. The van der Waals surface area contributed by atoms with Crippen LogP contribution >= 0.6 is 0 Å². The summed E-state index contributed by atoms with van der Waals surface area (Å²) in [6, 6.07) is 19.0. The summed E-state index contributed by atoms with van der Waals surface area (Å²) in [5.74, 6) is -0.373. The summed E-state index contributed by atoms with van der Waals surface area (Å²) in [5, 5.41) is 11.8. The van der Waals surface area contributed by atoms with Gasteiger partial charge in [0.25, 0.3) is 0 Å². The van der Waals surface area contributed by atoms with Crippen molar-refractivity contribution in [3.8, 4) is 11.8 Å². The van der Waals surface area contributed by atoms with Gasteiger partial charge in [0.2, 0.25) is 11.8 Å². The number of amides is 2. The van der Waals surface area contributed by atoms with Crippen molar-refractivity contribution in [3.63, 3.8) is 0 Å². The number of carbonyl (C=O) groups is 2. The van der Waals surface area contributed by atoms with Crippen molar-refractivity contribution < 1.29 is 9.59 Å². The second-order valence-electron chi connectivity index (χ2n) is 6.66. The Labute approximate surface area is 175 Å². The maximum Gasteiger partial charge on any atom is 0.227 e. The molecule has 0 saturated heterocycles. The van der Waals surface area contributed by atoms with E-state index in [0.29, 0.717) is 13.1 Å². The number of nitrogens with zero attached hydrogens (tertiary/aromatic N) is 4. The minimum Gasteiger partial charge on any atom is -0.352 e. The van der Waals surface area contributed by atoms with Crippen molar-refractivity contribution in [1.29, 1.82) is 5.26 Å². The third-order valence-corrected chi connectivity index (χ3v) is 4.63. The van der Waals surface area contributed by atoms with E-state index in [1.807, 2.05) is 65.4 Å². The predicted molar refractivity (Wildman–Crippen MR) is 114 cm³/mol. The van der Waals surface area contributed by atoms with E-state index in [-0.39, 0.29) is 31.1 Å². The van der Waals surface area contributed by atoms with Crippen LogP contribution in [0.15, 0.2) is 73.3 Å². The molecule has 0 bridgehead atoms. The molecule has 1 N–H and O–H groups in total. The Morgan fingerprint density at radius 3 is 2.57 bits per heavy atom. The fraction of sp³-hybridized carbons (Fsp3) is 0.217. The maximum atomic E-state index is 12.7. The molecule has 0 aliphatic rings. The topological polar surface area (TPSA) is 91.0 Å². The molecule has 2 amide bonds. The molecule has 3 rings (SSSR count). The number of nitriles is 1. The molecule has 0 radical (unpaired) electrons. The molecule has 0 atom stereocenters. The third-order valence-electron chi connectivity index (χ3n) is 4.63. The van der Waals surface area contributed by atoms with E-state index >= 15 is 0 Å². The van der Waals surface area contributed by atoms with Crippen LogP contribution < -0.4 is 10.2 Å². The Hall–Kier alpha value is -3.92. The number of benzene rings is 2. The van der Waals surface area contributed by atoms with Crippen LogP contribution in [0.3, 0.4) is 0 Å². The van der Waals surface area contributed by atoms with E-state index in [1.165, 1.54) is 0 Å². The summed E-state index contributed by atoms with van der Waals surface area (Å²) >= 11 is 0. The van der Waals surface area contributed by atoms with Crippen LogP contribution in [0.2, 0.25) is 0 Å². The first kappa shape index (κ1) is 20.8. The van der Waals surface area contributed by atoms with Gasteiger partial charge in [-0.2, -0.15) is 5.26 Å². The zero-order valence-electron chi connectivity index (χ0n) is 16.6. The second kappa shape index (κ2) is 10.6. The van der Waals surface area contributed by atoms with Crippen LogP contribution in [0.1, 0.15) is 24.8 Å². The fourth-order valence-electron chi connectivity index (χ4n) is 3.12. The van der Waals surface area contributed by atoms with Gasteiger partial charge in [0, 0.05) is 44.0 Å². The summed E-state index contributed by atoms with van der Waals surface area (Å²) in [5.41, 5.74) is 2.63. The summed E-state index contributed by atoms with van der Waals surface area (Å²) in [6.45, 7) is 0.664. The van der Waals surface area contributed by atoms with Crippen molar-refractivity contribution in [2.24, 2.45) is 0 Å². The van der Waals surface area contributed by atoms with Gasteiger partial charge in [-0.1, -0.05) is 36.4 Å². The van der Waals surface area contributed by atoms with E-state index in [1.54, 1.807) is 17.4 Å². The highest BCUT2D eigenvalue weighted by molar-refractivity contribution is 5.95. The second-order valence-corrected chi connectivity index (χ2v) is 6.66. The average molecular weight is 401 g/mol. The van der Waals surface area contributed by atoms with Gasteiger partial charge in [0.1, 0.15) is 0 Å². The lowest BCUT2D eigenvalue weighted by Crippen LogP contribution is -2.33. The maximum absolute atomic E-state index is 12.7. The number of carbonyl (C=O) groups excluding carboxylic acids is 2. The normalized spacial score (nSPS) is 10.2. The number of hydrogen-bond acceptors (Lipinski definition) is 4. The summed E-state index contributed by atoms with van der Waals surface area (Å²) in [4.78, 5) is 30.6. The van der Waals surface area contributed by atoms with E-state index in [2.05, 4.69) is 16.4 Å². The van der Waals surface area contributed by atoms with Crippen LogP contribution in [0, 0.1) is 11.3 Å². The van der Waals surface area contributed by atoms with Gasteiger partial charge >= 0.3 is 0 Å². The first-order chi connectivity index (χ1) is 14.7. The van der Waals surface area contributed by atoms with Crippen LogP contribution in [0.5, 0.6) is 0 Å². The average Bonchev–Trinajstić information content (AvgIpc) is 3.32. The lowest BCUT2D eigenvalue weighted by molar-refractivity contribution is -0.125. The highest BCUT2D eigenvalue weighted by atomic mass is 16.2. The van der Waals surface area contributed by atoms with Gasteiger partial charge in [-0.15, -0.1) is 0 Å². The van der Waals surface area contributed by atoms with Crippen molar-refractivity contribution in [2.75, 3.05) is 11.4 Å². The molecular formula is C23H23N5O2. The molecule has 0 unspecified atom stereocenters. The van der Waals surface area contributed by atoms with E-state index in [4.69, 9.17) is 5.26 Å². The lowest BCUT2D eigenvalue weighted by Gasteiger charge is -2.21. The van der Waals surface area contributed by atoms with Gasteiger partial charge < -0.3 is 14.8 Å². The zero-order valence-corrected chi connectivity index (χ0v) is 16.6. The smallest absolute Gasteiger partial charge is 0.227 e. The number of rotatable bonds is 9. The number of hydrogen-bond donors (Lipinski definition) is 1. The first-order valence-corrected chi connectivity index (χ1v) is 9.74.